The Bertz CT molecular complexity index is 122. The normalized spacial score (nSPS) is 6.07. The van der Waals surface area contributed by atoms with Crippen molar-refractivity contribution >= 4 is 7.82 Å². The Morgan fingerprint density at radius 3 is 0.786 bits per heavy atom. The molecule has 0 aliphatic rings. The summed E-state index contributed by atoms with van der Waals surface area (Å²) in [6.07, 6.45) is 0. The zero-order valence-corrected chi connectivity index (χ0v) is 22.2. The molecule has 14 heteroatoms. The Labute approximate surface area is 201 Å². The molecule has 0 aliphatic heterocycles. The van der Waals surface area contributed by atoms with E-state index < -0.39 is 30.5 Å². The van der Waals surface area contributed by atoms with Gasteiger partial charge in [-0.1, -0.05) is 0 Å². The monoisotopic (exact) mass is 348 g/mol. The summed E-state index contributed by atoms with van der Waals surface area (Å²) in [4.78, 5) is 25.6. The fraction of sp³-hybridized carbons (Fsp3) is 0. The number of hydrogen-bond donors (Lipinski definition) is 0. The van der Waals surface area contributed by atoms with Crippen molar-refractivity contribution in [1.82, 2.24) is 0 Å². The summed E-state index contributed by atoms with van der Waals surface area (Å²) >= 11 is -4.29. The van der Waals surface area contributed by atoms with Crippen LogP contribution in [0.5, 0.6) is 0 Å². The summed E-state index contributed by atoms with van der Waals surface area (Å²) < 4.78 is 34.4. The Hall–Kier alpha value is 5.71. The molecule has 0 unspecified atom stereocenters. The van der Waals surface area contributed by atoms with Gasteiger partial charge in [0.15, 0.2) is 0 Å². The third kappa shape index (κ3) is 152. The van der Waals surface area contributed by atoms with Crippen LogP contribution in [0, 0.1) is 0 Å². The molecule has 0 amide bonds. The van der Waals surface area contributed by atoms with Gasteiger partial charge in [0.05, 0.1) is 0 Å². The van der Waals surface area contributed by atoms with Gasteiger partial charge in [-0.3, -0.25) is 0 Å². The van der Waals surface area contributed by atoms with E-state index in [2.05, 4.69) is 0 Å². The molecule has 0 rings (SSSR count). The molecular formula is Na5O7PZr. The summed E-state index contributed by atoms with van der Waals surface area (Å²) in [7, 11) is -5.39. The average molecular weight is 349 g/mol. The van der Waals surface area contributed by atoms with Gasteiger partial charge in [0.2, 0.25) is 0 Å². The van der Waals surface area contributed by atoms with E-state index in [1.165, 1.54) is 0 Å². The molecule has 14 heavy (non-hydrogen) atoms. The van der Waals surface area contributed by atoms with Crippen molar-refractivity contribution in [3.8, 4) is 0 Å². The van der Waals surface area contributed by atoms with Gasteiger partial charge in [-0.25, -0.2) is 0 Å². The maximum atomic E-state index is 8.61. The van der Waals surface area contributed by atoms with E-state index in [1.807, 2.05) is 0 Å². The molecule has 7 nitrogen and oxygen atoms in total. The van der Waals surface area contributed by atoms with E-state index in [9.17, 15) is 0 Å². The molecule has 0 aromatic rings. The van der Waals surface area contributed by atoms with Gasteiger partial charge in [0.1, 0.15) is 0 Å². The zero-order valence-electron chi connectivity index (χ0n) is 8.80. The van der Waals surface area contributed by atoms with Crippen molar-refractivity contribution in [3.63, 3.8) is 0 Å². The van der Waals surface area contributed by atoms with Gasteiger partial charge in [0, 0.05) is 0 Å². The Balaban J connectivity index is -0.0000000104. The molecule has 0 N–H and O–H groups in total. The number of hydrogen-bond acceptors (Lipinski definition) is 7. The van der Waals surface area contributed by atoms with Gasteiger partial charge >= 0.3 is 180 Å². The van der Waals surface area contributed by atoms with E-state index in [-0.39, 0.29) is 148 Å². The predicted octanol–water partition coefficient (Wildman–Crippen LogP) is -20.3. The van der Waals surface area contributed by atoms with Gasteiger partial charge in [-0.2, -0.15) is 7.82 Å². The van der Waals surface area contributed by atoms with E-state index in [1.54, 1.807) is 0 Å². The van der Waals surface area contributed by atoms with E-state index in [0.717, 1.165) is 0 Å². The summed E-state index contributed by atoms with van der Waals surface area (Å²) in [5.74, 6) is 0. The third-order valence-corrected chi connectivity index (χ3v) is 0. The Morgan fingerprint density at radius 1 is 0.786 bits per heavy atom. The van der Waals surface area contributed by atoms with Crippen LogP contribution in [0.25, 0.3) is 0 Å². The van der Waals surface area contributed by atoms with Gasteiger partial charge in [0.25, 0.3) is 0 Å². The first-order valence-corrected chi connectivity index (χ1v) is 5.81. The Kier molecular flexibility index (Phi) is 82.7. The van der Waals surface area contributed by atoms with Crippen LogP contribution >= 0.6 is 7.82 Å². The van der Waals surface area contributed by atoms with Gasteiger partial charge < -0.3 is 19.2 Å². The van der Waals surface area contributed by atoms with Crippen LogP contribution in [0.2, 0.25) is 0 Å². The molecule has 0 bridgehead atoms. The second-order valence-electron chi connectivity index (χ2n) is 0.697. The van der Waals surface area contributed by atoms with Crippen molar-refractivity contribution in [2.75, 3.05) is 0 Å². The number of phosphoric acid groups is 1. The summed E-state index contributed by atoms with van der Waals surface area (Å²) in [6.45, 7) is 0. The van der Waals surface area contributed by atoms with Crippen LogP contribution in [0.15, 0.2) is 0 Å². The van der Waals surface area contributed by atoms with E-state index in [4.69, 9.17) is 28.4 Å². The van der Waals surface area contributed by atoms with Crippen LogP contribution in [0.1, 0.15) is 0 Å². The predicted molar refractivity (Wildman–Crippen MR) is 8.29 cm³/mol. The zero-order chi connectivity index (χ0) is 8.08. The fourth-order valence-electron chi connectivity index (χ4n) is 0. The third-order valence-electron chi connectivity index (χ3n) is 0. The molecule has 0 heterocycles. The van der Waals surface area contributed by atoms with Gasteiger partial charge in [-0.05, 0) is 0 Å². The quantitative estimate of drug-likeness (QED) is 0.311. The van der Waals surface area contributed by atoms with Crippen molar-refractivity contribution < 1.29 is 199 Å². The van der Waals surface area contributed by atoms with Crippen LogP contribution in [-0.2, 0) is 30.0 Å². The molecule has 0 fully saturated rings. The first-order chi connectivity index (χ1) is 3.73. The van der Waals surface area contributed by atoms with Gasteiger partial charge in [-0.15, -0.1) is 0 Å². The number of rotatable bonds is 0. The first-order valence-electron chi connectivity index (χ1n) is 1.34. The molecule has 0 saturated carbocycles. The van der Waals surface area contributed by atoms with Crippen LogP contribution in [-0.4, -0.2) is 0 Å². The molecule has 0 atom stereocenters. The summed E-state index contributed by atoms with van der Waals surface area (Å²) in [5.41, 5.74) is 0. The van der Waals surface area contributed by atoms with E-state index >= 15 is 0 Å². The standard InChI is InChI=1S/5Na.H3O4P.3O.Zr/c;;;;;1-5(2,3)4;;;;/h;;;;;(H3,1,2,3,4);;;;/q5*+1;;;2*-1;/p-3. The van der Waals surface area contributed by atoms with Crippen LogP contribution in [0.3, 0.4) is 0 Å². The molecular weight excluding hydrogens is 349 g/mol. The molecule has 0 spiro atoms. The molecule has 0 radical (unpaired) electrons. The van der Waals surface area contributed by atoms with Crippen LogP contribution in [0.4, 0.5) is 0 Å². The van der Waals surface area contributed by atoms with Crippen molar-refractivity contribution in [3.05, 3.63) is 0 Å². The summed E-state index contributed by atoms with van der Waals surface area (Å²) in [6, 6.07) is 0. The SMILES string of the molecule is O=P([O-])([O-])[O-].[Na+].[Na+].[Na+].[Na+].[Na+].[O]=[Zr]([O-])[O-]. The Morgan fingerprint density at radius 2 is 0.786 bits per heavy atom. The molecule has 0 aromatic heterocycles. The topological polar surface area (TPSA) is 149 Å². The average Bonchev–Trinajstić information content (AvgIpc) is 1.19. The second-order valence-corrected chi connectivity index (χ2v) is 2.82. The first kappa shape index (κ1) is 42.7. The van der Waals surface area contributed by atoms with Crippen molar-refractivity contribution in [2.45, 2.75) is 0 Å². The molecule has 0 saturated heterocycles. The molecule has 56 valence electrons. The van der Waals surface area contributed by atoms with E-state index in [0.29, 0.717) is 0 Å². The minimum atomic E-state index is -5.39. The van der Waals surface area contributed by atoms with Crippen molar-refractivity contribution in [1.29, 1.82) is 0 Å². The second kappa shape index (κ2) is 27.1. The molecule has 0 aromatic carbocycles. The molecule has 0 aliphatic carbocycles. The minimum absolute atomic E-state index is 0. The van der Waals surface area contributed by atoms with Crippen molar-refractivity contribution in [2.24, 2.45) is 0 Å². The summed E-state index contributed by atoms with van der Waals surface area (Å²) in [5, 5.41) is 0. The van der Waals surface area contributed by atoms with Crippen LogP contribution < -0.4 is 169 Å². The fourth-order valence-corrected chi connectivity index (χ4v) is 0. The maximum absolute atomic E-state index is 8.61.